The van der Waals surface area contributed by atoms with Crippen molar-refractivity contribution in [3.63, 3.8) is 0 Å². The Hall–Kier alpha value is -1.43. The number of nitrogens with two attached hydrogens (primary N) is 1. The van der Waals surface area contributed by atoms with Gasteiger partial charge in [-0.05, 0) is 37.1 Å². The van der Waals surface area contributed by atoms with E-state index < -0.39 is 0 Å². The number of nitrogens with zero attached hydrogens (tertiary/aromatic N) is 1. The van der Waals surface area contributed by atoms with Crippen molar-refractivity contribution >= 4 is 5.91 Å². The van der Waals surface area contributed by atoms with Crippen LogP contribution in [0.25, 0.3) is 0 Å². The molecule has 0 bridgehead atoms. The molecule has 0 radical (unpaired) electrons. The predicted octanol–water partition coefficient (Wildman–Crippen LogP) is 1.51. The van der Waals surface area contributed by atoms with Crippen LogP contribution in [0.2, 0.25) is 0 Å². The van der Waals surface area contributed by atoms with Crippen molar-refractivity contribution in [2.75, 3.05) is 19.8 Å². The smallest absolute Gasteiger partial charge is 0.248 e. The minimum Gasteiger partial charge on any atom is -0.366 e. The molecule has 2 N–H and O–H groups in total. The van der Waals surface area contributed by atoms with Crippen LogP contribution in [0.5, 0.6) is 0 Å². The molecule has 0 spiro atoms. The van der Waals surface area contributed by atoms with Crippen molar-refractivity contribution < 1.29 is 14.3 Å². The van der Waals surface area contributed by atoms with E-state index in [2.05, 4.69) is 4.90 Å². The van der Waals surface area contributed by atoms with E-state index in [1.165, 1.54) is 18.4 Å². The summed E-state index contributed by atoms with van der Waals surface area (Å²) >= 11 is 0. The number of hydrogen-bond acceptors (Lipinski definition) is 4. The van der Waals surface area contributed by atoms with Crippen molar-refractivity contribution in [2.45, 2.75) is 38.1 Å². The van der Waals surface area contributed by atoms with Crippen LogP contribution < -0.4 is 5.73 Å². The van der Waals surface area contributed by atoms with Gasteiger partial charge in [0.15, 0.2) is 6.29 Å². The molecule has 5 nitrogen and oxygen atoms in total. The summed E-state index contributed by atoms with van der Waals surface area (Å²) in [6, 6.07) is 7.86. The summed E-state index contributed by atoms with van der Waals surface area (Å²) in [7, 11) is 0. The second-order valence-corrected chi connectivity index (χ2v) is 5.70. The minimum absolute atomic E-state index is 0.0878. The summed E-state index contributed by atoms with van der Waals surface area (Å²) in [5, 5.41) is 0. The quantitative estimate of drug-likeness (QED) is 0.913. The molecule has 0 saturated carbocycles. The number of amides is 1. The van der Waals surface area contributed by atoms with Gasteiger partial charge in [0, 0.05) is 12.1 Å². The standard InChI is InChI=1S/C16H22N2O3/c17-15(19)13-6-4-12(5-7-13)11-18-8-2-1-3-14(18)16-20-9-10-21-16/h4-7,14,16H,1-3,8-11H2,(H2,17,19). The molecular formula is C16H22N2O3. The molecule has 21 heavy (non-hydrogen) atoms. The zero-order valence-electron chi connectivity index (χ0n) is 12.2. The van der Waals surface area contributed by atoms with E-state index in [4.69, 9.17) is 15.2 Å². The zero-order valence-corrected chi connectivity index (χ0v) is 12.2. The van der Waals surface area contributed by atoms with Crippen LogP contribution >= 0.6 is 0 Å². The van der Waals surface area contributed by atoms with E-state index in [-0.39, 0.29) is 12.2 Å². The summed E-state index contributed by atoms with van der Waals surface area (Å²) in [5.74, 6) is -0.384. The van der Waals surface area contributed by atoms with Crippen LogP contribution in [0.3, 0.4) is 0 Å². The maximum absolute atomic E-state index is 11.1. The number of carbonyl (C=O) groups excluding carboxylic acids is 1. The number of rotatable bonds is 4. The van der Waals surface area contributed by atoms with Crippen LogP contribution in [0.4, 0.5) is 0 Å². The molecule has 3 rings (SSSR count). The molecule has 2 aliphatic heterocycles. The maximum Gasteiger partial charge on any atom is 0.248 e. The van der Waals surface area contributed by atoms with Crippen molar-refractivity contribution in [2.24, 2.45) is 5.73 Å². The first-order valence-electron chi connectivity index (χ1n) is 7.60. The van der Waals surface area contributed by atoms with Crippen molar-refractivity contribution in [3.8, 4) is 0 Å². The van der Waals surface area contributed by atoms with E-state index in [0.29, 0.717) is 24.8 Å². The van der Waals surface area contributed by atoms with Gasteiger partial charge < -0.3 is 15.2 Å². The average Bonchev–Trinajstić information content (AvgIpc) is 3.02. The number of ether oxygens (including phenoxy) is 2. The zero-order chi connectivity index (χ0) is 14.7. The van der Waals surface area contributed by atoms with Crippen LogP contribution in [0.1, 0.15) is 35.2 Å². The van der Waals surface area contributed by atoms with E-state index in [9.17, 15) is 4.79 Å². The van der Waals surface area contributed by atoms with Gasteiger partial charge in [0.05, 0.1) is 19.3 Å². The Kier molecular flexibility index (Phi) is 4.53. The second kappa shape index (κ2) is 6.56. The lowest BCUT2D eigenvalue weighted by Gasteiger charge is -2.38. The average molecular weight is 290 g/mol. The second-order valence-electron chi connectivity index (χ2n) is 5.70. The van der Waals surface area contributed by atoms with Gasteiger partial charge in [0.2, 0.25) is 5.91 Å². The summed E-state index contributed by atoms with van der Waals surface area (Å²) in [5.41, 5.74) is 7.01. The number of likely N-dealkylation sites (tertiary alicyclic amines) is 1. The molecule has 2 fully saturated rings. The highest BCUT2D eigenvalue weighted by Gasteiger charge is 2.33. The lowest BCUT2D eigenvalue weighted by atomic mass is 10.0. The highest BCUT2D eigenvalue weighted by atomic mass is 16.7. The number of primary amides is 1. The Labute approximate surface area is 125 Å². The molecular weight excluding hydrogens is 268 g/mol. The van der Waals surface area contributed by atoms with Crippen molar-refractivity contribution in [1.29, 1.82) is 0 Å². The molecule has 114 valence electrons. The normalized spacial score (nSPS) is 24.3. The Bertz CT molecular complexity index is 483. The van der Waals surface area contributed by atoms with Crippen LogP contribution in [0.15, 0.2) is 24.3 Å². The van der Waals surface area contributed by atoms with E-state index >= 15 is 0 Å². The predicted molar refractivity (Wildman–Crippen MR) is 78.7 cm³/mol. The number of hydrogen-bond donors (Lipinski definition) is 1. The lowest BCUT2D eigenvalue weighted by molar-refractivity contribution is -0.111. The molecule has 1 aromatic carbocycles. The third-order valence-electron chi connectivity index (χ3n) is 4.25. The molecule has 1 aromatic rings. The molecule has 1 amide bonds. The van der Waals surface area contributed by atoms with Gasteiger partial charge >= 0.3 is 0 Å². The summed E-state index contributed by atoms with van der Waals surface area (Å²) in [4.78, 5) is 13.5. The number of carbonyl (C=O) groups is 1. The maximum atomic E-state index is 11.1. The fourth-order valence-electron chi connectivity index (χ4n) is 3.13. The van der Waals surface area contributed by atoms with E-state index in [0.717, 1.165) is 19.5 Å². The third kappa shape index (κ3) is 3.43. The summed E-state index contributed by atoms with van der Waals surface area (Å²) < 4.78 is 11.4. The van der Waals surface area contributed by atoms with Gasteiger partial charge in [0.1, 0.15) is 0 Å². The van der Waals surface area contributed by atoms with Crippen molar-refractivity contribution in [1.82, 2.24) is 4.90 Å². The fourth-order valence-corrected chi connectivity index (χ4v) is 3.13. The van der Waals surface area contributed by atoms with Gasteiger partial charge in [-0.3, -0.25) is 9.69 Å². The first-order chi connectivity index (χ1) is 10.2. The topological polar surface area (TPSA) is 64.8 Å². The fraction of sp³-hybridized carbons (Fsp3) is 0.562. The SMILES string of the molecule is NC(=O)c1ccc(CN2CCCCC2C2OCCO2)cc1. The number of piperidine rings is 1. The molecule has 0 aromatic heterocycles. The Morgan fingerprint density at radius 3 is 2.57 bits per heavy atom. The van der Waals surface area contributed by atoms with Gasteiger partial charge in [0.25, 0.3) is 0 Å². The molecule has 1 unspecified atom stereocenters. The summed E-state index contributed by atoms with van der Waals surface area (Å²) in [6.45, 7) is 3.31. The number of benzene rings is 1. The first-order valence-corrected chi connectivity index (χ1v) is 7.60. The van der Waals surface area contributed by atoms with Crippen LogP contribution in [0, 0.1) is 0 Å². The minimum atomic E-state index is -0.384. The van der Waals surface area contributed by atoms with Gasteiger partial charge in [-0.1, -0.05) is 18.6 Å². The Balaban J connectivity index is 1.67. The van der Waals surface area contributed by atoms with Gasteiger partial charge in [-0.25, -0.2) is 0 Å². The van der Waals surface area contributed by atoms with Crippen LogP contribution in [-0.2, 0) is 16.0 Å². The van der Waals surface area contributed by atoms with E-state index in [1.54, 1.807) is 12.1 Å². The third-order valence-corrected chi connectivity index (χ3v) is 4.25. The molecule has 1 atom stereocenters. The highest BCUT2D eigenvalue weighted by molar-refractivity contribution is 5.92. The first kappa shape index (κ1) is 14.5. The van der Waals surface area contributed by atoms with E-state index in [1.807, 2.05) is 12.1 Å². The molecule has 5 heteroatoms. The Morgan fingerprint density at radius 2 is 1.90 bits per heavy atom. The molecule has 0 aliphatic carbocycles. The molecule has 2 saturated heterocycles. The molecule has 2 aliphatic rings. The summed E-state index contributed by atoms with van der Waals surface area (Å²) in [6.07, 6.45) is 3.47. The molecule has 2 heterocycles. The highest BCUT2D eigenvalue weighted by Crippen LogP contribution is 2.26. The van der Waals surface area contributed by atoms with Gasteiger partial charge in [-0.15, -0.1) is 0 Å². The van der Waals surface area contributed by atoms with Crippen molar-refractivity contribution in [3.05, 3.63) is 35.4 Å². The van der Waals surface area contributed by atoms with Crippen LogP contribution in [-0.4, -0.2) is 42.9 Å². The van der Waals surface area contributed by atoms with Gasteiger partial charge in [-0.2, -0.15) is 0 Å². The largest absolute Gasteiger partial charge is 0.366 e. The Morgan fingerprint density at radius 1 is 1.19 bits per heavy atom. The lowest BCUT2D eigenvalue weighted by Crippen LogP contribution is -2.46. The monoisotopic (exact) mass is 290 g/mol.